The molecular formula is C16H20O4. The molecule has 0 aromatic carbocycles. The average molecular weight is 276 g/mol. The van der Waals surface area contributed by atoms with Gasteiger partial charge in [0.25, 0.3) is 0 Å². The zero-order valence-corrected chi connectivity index (χ0v) is 12.3. The number of hydrogen-bond donors (Lipinski definition) is 1. The summed E-state index contributed by atoms with van der Waals surface area (Å²) in [5, 5.41) is 10.9. The van der Waals surface area contributed by atoms with Crippen molar-refractivity contribution in [3.63, 3.8) is 0 Å². The third-order valence-corrected chi connectivity index (χ3v) is 4.55. The molecule has 0 spiro atoms. The third kappa shape index (κ3) is 2.14. The summed E-state index contributed by atoms with van der Waals surface area (Å²) in [7, 11) is 1.32. The van der Waals surface area contributed by atoms with Gasteiger partial charge in [-0.2, -0.15) is 0 Å². The normalized spacial score (nSPS) is 36.6. The molecule has 2 aliphatic carbocycles. The Morgan fingerprint density at radius 3 is 2.80 bits per heavy atom. The second-order valence-electron chi connectivity index (χ2n) is 5.92. The molecule has 3 unspecified atom stereocenters. The number of hydrogen-bond acceptors (Lipinski definition) is 4. The van der Waals surface area contributed by atoms with Crippen LogP contribution in [-0.4, -0.2) is 29.6 Å². The van der Waals surface area contributed by atoms with Gasteiger partial charge < -0.3 is 9.84 Å². The van der Waals surface area contributed by atoms with E-state index < -0.39 is 17.0 Å². The molecule has 2 aliphatic rings. The van der Waals surface area contributed by atoms with Crippen molar-refractivity contribution >= 4 is 11.8 Å². The molecule has 0 amide bonds. The summed E-state index contributed by atoms with van der Waals surface area (Å²) in [6.07, 6.45) is 6.97. The van der Waals surface area contributed by atoms with E-state index in [1.807, 2.05) is 6.92 Å². The number of rotatable bonds is 3. The molecule has 0 radical (unpaired) electrons. The van der Waals surface area contributed by atoms with E-state index >= 15 is 0 Å². The Bertz CT molecular complexity index is 555. The second-order valence-corrected chi connectivity index (χ2v) is 5.92. The van der Waals surface area contributed by atoms with Gasteiger partial charge in [-0.1, -0.05) is 13.0 Å². The molecule has 4 nitrogen and oxygen atoms in total. The molecular weight excluding hydrogens is 256 g/mol. The van der Waals surface area contributed by atoms with Crippen LogP contribution in [0.15, 0.2) is 35.5 Å². The molecule has 0 aliphatic heterocycles. The smallest absolute Gasteiger partial charge is 0.330 e. The predicted molar refractivity (Wildman–Crippen MR) is 74.8 cm³/mol. The van der Waals surface area contributed by atoms with E-state index in [0.717, 1.165) is 0 Å². The van der Waals surface area contributed by atoms with Crippen LogP contribution in [0.2, 0.25) is 0 Å². The Morgan fingerprint density at radius 1 is 1.55 bits per heavy atom. The SMILES string of the molecule is COC(=O)/C=C(C)\C=C\C1(O)C(C)=CC(=O)C2CC21C. The Hall–Kier alpha value is -1.68. The summed E-state index contributed by atoms with van der Waals surface area (Å²) in [5.74, 6) is -0.420. The highest BCUT2D eigenvalue weighted by Gasteiger charge is 2.67. The van der Waals surface area contributed by atoms with E-state index in [1.165, 1.54) is 19.3 Å². The highest BCUT2D eigenvalue weighted by atomic mass is 16.5. The van der Waals surface area contributed by atoms with Crippen LogP contribution >= 0.6 is 0 Å². The van der Waals surface area contributed by atoms with Crippen molar-refractivity contribution < 1.29 is 19.4 Å². The van der Waals surface area contributed by atoms with Crippen molar-refractivity contribution in [2.75, 3.05) is 7.11 Å². The van der Waals surface area contributed by atoms with Crippen LogP contribution in [0, 0.1) is 11.3 Å². The molecule has 108 valence electrons. The predicted octanol–water partition coefficient (Wildman–Crippen LogP) is 1.95. The molecule has 0 aromatic rings. The second kappa shape index (κ2) is 4.70. The van der Waals surface area contributed by atoms with E-state index in [9.17, 15) is 14.7 Å². The van der Waals surface area contributed by atoms with Crippen molar-refractivity contribution in [2.45, 2.75) is 32.8 Å². The maximum absolute atomic E-state index is 11.8. The first kappa shape index (κ1) is 14.7. The molecule has 20 heavy (non-hydrogen) atoms. The van der Waals surface area contributed by atoms with Crippen LogP contribution in [0.3, 0.4) is 0 Å². The van der Waals surface area contributed by atoms with Gasteiger partial charge in [-0.25, -0.2) is 4.79 Å². The minimum Gasteiger partial charge on any atom is -0.466 e. The molecule has 0 saturated heterocycles. The van der Waals surface area contributed by atoms with Crippen LogP contribution in [0.5, 0.6) is 0 Å². The summed E-state index contributed by atoms with van der Waals surface area (Å²) in [5.41, 5.74) is -0.210. The number of fused-ring (bicyclic) bond motifs is 1. The lowest BCUT2D eigenvalue weighted by atomic mass is 9.73. The van der Waals surface area contributed by atoms with Gasteiger partial charge in [-0.15, -0.1) is 0 Å². The van der Waals surface area contributed by atoms with Gasteiger partial charge in [0.1, 0.15) is 5.60 Å². The highest BCUT2D eigenvalue weighted by Crippen LogP contribution is 2.64. The lowest BCUT2D eigenvalue weighted by molar-refractivity contribution is -0.134. The fraction of sp³-hybridized carbons (Fsp3) is 0.500. The van der Waals surface area contributed by atoms with Gasteiger partial charge in [0.2, 0.25) is 0 Å². The monoisotopic (exact) mass is 276 g/mol. The number of ether oxygens (including phenoxy) is 1. The molecule has 4 heteroatoms. The molecule has 2 rings (SSSR count). The molecule has 0 aromatic heterocycles. The van der Waals surface area contributed by atoms with Crippen LogP contribution < -0.4 is 0 Å². The van der Waals surface area contributed by atoms with Crippen LogP contribution in [0.25, 0.3) is 0 Å². The lowest BCUT2D eigenvalue weighted by Crippen LogP contribution is -2.42. The molecule has 1 saturated carbocycles. The van der Waals surface area contributed by atoms with E-state index in [4.69, 9.17) is 0 Å². The van der Waals surface area contributed by atoms with Crippen LogP contribution in [0.1, 0.15) is 27.2 Å². The quantitative estimate of drug-likeness (QED) is 0.486. The molecule has 1 N–H and O–H groups in total. The molecule has 3 atom stereocenters. The van der Waals surface area contributed by atoms with Gasteiger partial charge in [-0.3, -0.25) is 4.79 Å². The number of methoxy groups -OCH3 is 1. The van der Waals surface area contributed by atoms with Crippen LogP contribution in [0.4, 0.5) is 0 Å². The van der Waals surface area contributed by atoms with Crippen molar-refractivity contribution in [1.82, 2.24) is 0 Å². The van der Waals surface area contributed by atoms with Gasteiger partial charge in [0.05, 0.1) is 7.11 Å². The zero-order chi connectivity index (χ0) is 15.1. The zero-order valence-electron chi connectivity index (χ0n) is 12.3. The standard InChI is InChI=1S/C16H20O4/c1-10(7-14(18)20-4)5-6-16(19)11(2)8-13(17)12-9-15(12,16)3/h5-8,12,19H,9H2,1-4H3/b6-5+,10-7-. The Balaban J connectivity index is 2.28. The summed E-state index contributed by atoms with van der Waals surface area (Å²) in [6, 6.07) is 0. The van der Waals surface area contributed by atoms with Gasteiger partial charge in [0.15, 0.2) is 5.78 Å². The van der Waals surface area contributed by atoms with E-state index in [0.29, 0.717) is 17.6 Å². The number of aliphatic hydroxyl groups is 1. The number of allylic oxidation sites excluding steroid dienone is 3. The van der Waals surface area contributed by atoms with E-state index in [-0.39, 0.29) is 11.7 Å². The summed E-state index contributed by atoms with van der Waals surface area (Å²) in [6.45, 7) is 5.45. The first-order valence-electron chi connectivity index (χ1n) is 6.65. The van der Waals surface area contributed by atoms with Crippen molar-refractivity contribution in [3.8, 4) is 0 Å². The molecule has 1 fully saturated rings. The Kier molecular flexibility index (Phi) is 3.46. The van der Waals surface area contributed by atoms with E-state index in [1.54, 1.807) is 26.0 Å². The third-order valence-electron chi connectivity index (χ3n) is 4.55. The van der Waals surface area contributed by atoms with E-state index in [2.05, 4.69) is 4.74 Å². The molecule has 0 heterocycles. The van der Waals surface area contributed by atoms with Crippen LogP contribution in [-0.2, 0) is 14.3 Å². The topological polar surface area (TPSA) is 63.6 Å². The molecule has 0 bridgehead atoms. The summed E-state index contributed by atoms with van der Waals surface area (Å²) in [4.78, 5) is 22.9. The fourth-order valence-electron chi connectivity index (χ4n) is 2.94. The average Bonchev–Trinajstić information content (AvgIpc) is 3.09. The largest absolute Gasteiger partial charge is 0.466 e. The highest BCUT2D eigenvalue weighted by molar-refractivity contribution is 5.97. The Labute approximate surface area is 118 Å². The van der Waals surface area contributed by atoms with Crippen molar-refractivity contribution in [1.29, 1.82) is 0 Å². The summed E-state index contributed by atoms with van der Waals surface area (Å²) >= 11 is 0. The first-order valence-corrected chi connectivity index (χ1v) is 6.65. The maximum Gasteiger partial charge on any atom is 0.330 e. The number of carbonyl (C=O) groups excluding carboxylic acids is 2. The maximum atomic E-state index is 11.8. The number of ketones is 1. The Morgan fingerprint density at radius 2 is 2.20 bits per heavy atom. The fourth-order valence-corrected chi connectivity index (χ4v) is 2.94. The lowest BCUT2D eigenvalue weighted by Gasteiger charge is -2.36. The minimum atomic E-state index is -1.13. The number of carbonyl (C=O) groups is 2. The summed E-state index contributed by atoms with van der Waals surface area (Å²) < 4.78 is 4.55. The first-order chi connectivity index (χ1) is 9.24. The van der Waals surface area contributed by atoms with Gasteiger partial charge in [-0.05, 0) is 43.6 Å². The van der Waals surface area contributed by atoms with Gasteiger partial charge >= 0.3 is 5.97 Å². The minimum absolute atomic E-state index is 0.0919. The van der Waals surface area contributed by atoms with Gasteiger partial charge in [0, 0.05) is 17.4 Å². The van der Waals surface area contributed by atoms with Crippen molar-refractivity contribution in [2.24, 2.45) is 11.3 Å². The number of esters is 1. The van der Waals surface area contributed by atoms with Crippen molar-refractivity contribution in [3.05, 3.63) is 35.5 Å².